The summed E-state index contributed by atoms with van der Waals surface area (Å²) in [5, 5.41) is 0. The van der Waals surface area contributed by atoms with Crippen LogP contribution in [0.2, 0.25) is 18.1 Å². The van der Waals surface area contributed by atoms with Crippen molar-refractivity contribution in [1.82, 2.24) is 0 Å². The van der Waals surface area contributed by atoms with Gasteiger partial charge in [0, 0.05) is 0 Å². The van der Waals surface area contributed by atoms with Gasteiger partial charge in [-0.25, -0.2) is 0 Å². The number of rotatable bonds is 6. The van der Waals surface area contributed by atoms with Gasteiger partial charge in [-0.3, -0.25) is 0 Å². The minimum absolute atomic E-state index is 0.906. The van der Waals surface area contributed by atoms with E-state index in [-0.39, 0.29) is 0 Å². The van der Waals surface area contributed by atoms with E-state index in [9.17, 15) is 6.37 Å². The summed E-state index contributed by atoms with van der Waals surface area (Å²) in [5.74, 6) is 0. The fraction of sp³-hybridized carbons (Fsp3) is 1.00. The Bertz CT molecular complexity index is 141. The van der Waals surface area contributed by atoms with Gasteiger partial charge in [0.2, 0.25) is 0 Å². The van der Waals surface area contributed by atoms with Crippen molar-refractivity contribution in [3.05, 3.63) is 0 Å². The van der Waals surface area contributed by atoms with Crippen LogP contribution in [0, 0.1) is 0 Å². The molecule has 13 heavy (non-hydrogen) atoms. The van der Waals surface area contributed by atoms with Crippen LogP contribution in [0.25, 0.3) is 0 Å². The van der Waals surface area contributed by atoms with Gasteiger partial charge < -0.3 is 0 Å². The summed E-state index contributed by atoms with van der Waals surface area (Å²) < 4.78 is 28.9. The molecule has 0 spiro atoms. The van der Waals surface area contributed by atoms with E-state index >= 15 is 0 Å². The van der Waals surface area contributed by atoms with E-state index in [0.29, 0.717) is 0 Å². The predicted octanol–water partition coefficient (Wildman–Crippen LogP) is 1.45. The monoisotopic (exact) mass is 286 g/mol. The van der Waals surface area contributed by atoms with Crippen LogP contribution in [0.5, 0.6) is 0 Å². The molecule has 0 saturated heterocycles. The summed E-state index contributed by atoms with van der Waals surface area (Å²) in [5.41, 5.74) is 0. The molecule has 0 rings (SSSR count). The van der Waals surface area contributed by atoms with E-state index in [4.69, 9.17) is 2.50 Å². The normalized spacial score (nSPS) is 13.4. The molecule has 0 amide bonds. The van der Waals surface area contributed by atoms with Gasteiger partial charge in [0.05, 0.1) is 0 Å². The third kappa shape index (κ3) is 4.32. The van der Waals surface area contributed by atoms with E-state index in [1.165, 1.54) is 7.11 Å². The zero-order valence-electron chi connectivity index (χ0n) is 8.83. The van der Waals surface area contributed by atoms with E-state index in [1.54, 1.807) is 0 Å². The Kier molecular flexibility index (Phi) is 6.15. The molecule has 0 saturated carbocycles. The van der Waals surface area contributed by atoms with Crippen molar-refractivity contribution >= 4 is 8.32 Å². The van der Waals surface area contributed by atoms with E-state index in [0.717, 1.165) is 18.1 Å². The van der Waals surface area contributed by atoms with Gasteiger partial charge in [-0.2, -0.15) is 0 Å². The third-order valence-electron chi connectivity index (χ3n) is 2.55. The molecule has 0 aromatic rings. The summed E-state index contributed by atoms with van der Waals surface area (Å²) in [4.78, 5) is 0. The maximum atomic E-state index is 9.41. The van der Waals surface area contributed by atoms with Crippen molar-refractivity contribution in [2.24, 2.45) is 0 Å². The fourth-order valence-corrected chi connectivity index (χ4v) is 11.8. The van der Waals surface area contributed by atoms with Crippen LogP contribution in [-0.4, -0.2) is 21.8 Å². The average Bonchev–Trinajstić information content (AvgIpc) is 2.14. The third-order valence-corrected chi connectivity index (χ3v) is 13.6. The maximum absolute atomic E-state index is 9.41. The first kappa shape index (κ1) is 13.9. The molecule has 2 N–H and O–H groups in total. The Morgan fingerprint density at radius 3 is 1.69 bits per heavy atom. The Hall–Kier alpha value is 0.940. The first-order valence-corrected chi connectivity index (χ1v) is 11.4. The van der Waals surface area contributed by atoms with Gasteiger partial charge >= 0.3 is 88.0 Å². The molecule has 0 fully saturated rings. The molecular formula is C7H20O4SiZr. The summed E-state index contributed by atoms with van der Waals surface area (Å²) in [6.45, 7) is 6.12. The quantitative estimate of drug-likeness (QED) is 0.726. The van der Waals surface area contributed by atoms with Crippen molar-refractivity contribution < 1.29 is 33.7 Å². The van der Waals surface area contributed by atoms with Crippen LogP contribution < -0.4 is 0 Å². The first-order chi connectivity index (χ1) is 5.95. The summed E-state index contributed by atoms with van der Waals surface area (Å²) in [6, 6.07) is 2.72. The molecule has 0 atom stereocenters. The first-order valence-electron chi connectivity index (χ1n) is 4.65. The van der Waals surface area contributed by atoms with E-state index in [1.807, 2.05) is 20.8 Å². The van der Waals surface area contributed by atoms with Gasteiger partial charge in [-0.15, -0.1) is 0 Å². The van der Waals surface area contributed by atoms with Crippen LogP contribution in [0.4, 0.5) is 0 Å². The van der Waals surface area contributed by atoms with Gasteiger partial charge in [0.15, 0.2) is 0 Å². The van der Waals surface area contributed by atoms with Crippen molar-refractivity contribution in [2.75, 3.05) is 7.11 Å². The molecule has 0 aliphatic rings. The van der Waals surface area contributed by atoms with Crippen molar-refractivity contribution in [3.63, 3.8) is 0 Å². The molecule has 0 aromatic heterocycles. The second-order valence-electron chi connectivity index (χ2n) is 3.10. The molecule has 80 valence electrons. The molecule has 4 nitrogen and oxygen atoms in total. The van der Waals surface area contributed by atoms with Crippen molar-refractivity contribution in [1.29, 1.82) is 0 Å². The van der Waals surface area contributed by atoms with Gasteiger partial charge in [-0.05, 0) is 0 Å². The number of hydrogen-bond acceptors (Lipinski definition) is 4. The SMILES string of the molecule is CC[Si](CC)(CC)[O][Zr]([OH])([OH])[O]C. The van der Waals surface area contributed by atoms with Crippen LogP contribution in [0.15, 0.2) is 0 Å². The van der Waals surface area contributed by atoms with E-state index < -0.39 is 30.3 Å². The van der Waals surface area contributed by atoms with Crippen LogP contribution in [0.3, 0.4) is 0 Å². The number of hydrogen-bond donors (Lipinski definition) is 2. The summed E-state index contributed by atoms with van der Waals surface area (Å²) in [6.07, 6.45) is 0. The Labute approximate surface area is 87.9 Å². The van der Waals surface area contributed by atoms with Crippen LogP contribution in [0.1, 0.15) is 20.8 Å². The zero-order chi connectivity index (χ0) is 10.5. The molecule has 0 aliphatic heterocycles. The summed E-state index contributed by atoms with van der Waals surface area (Å²) in [7, 11) is -0.604. The average molecular weight is 288 g/mol. The van der Waals surface area contributed by atoms with Crippen molar-refractivity contribution in [2.45, 2.75) is 38.9 Å². The van der Waals surface area contributed by atoms with Crippen molar-refractivity contribution in [3.8, 4) is 0 Å². The Balaban J connectivity index is 4.41. The van der Waals surface area contributed by atoms with E-state index in [2.05, 4.69) is 2.81 Å². The van der Waals surface area contributed by atoms with Gasteiger partial charge in [-0.1, -0.05) is 0 Å². The van der Waals surface area contributed by atoms with Gasteiger partial charge in [0.1, 0.15) is 0 Å². The molecular weight excluding hydrogens is 267 g/mol. The molecule has 6 heteroatoms. The Morgan fingerprint density at radius 1 is 1.08 bits per heavy atom. The van der Waals surface area contributed by atoms with Crippen LogP contribution in [-0.2, 0) is 27.3 Å². The van der Waals surface area contributed by atoms with Gasteiger partial charge in [0.25, 0.3) is 0 Å². The topological polar surface area (TPSA) is 58.9 Å². The fourth-order valence-electron chi connectivity index (χ4n) is 1.29. The second kappa shape index (κ2) is 5.73. The Morgan fingerprint density at radius 2 is 1.46 bits per heavy atom. The zero-order valence-corrected chi connectivity index (χ0v) is 12.3. The predicted molar refractivity (Wildman–Crippen MR) is 49.7 cm³/mol. The molecule has 0 aliphatic carbocycles. The minimum atomic E-state index is -4.53. The molecule has 0 radical (unpaired) electrons. The molecule has 0 aromatic carbocycles. The summed E-state index contributed by atoms with van der Waals surface area (Å²) >= 11 is -4.53. The molecule has 0 unspecified atom stereocenters. The molecule has 0 bridgehead atoms. The standard InChI is InChI=1S/C6H15OSi.CH3O.2H2O.Zr/c1-4-8(7,5-2)6-3;1-2;;;/h4-6H2,1-3H3;1H3;2*1H2;/q2*-1;;;+4/p-2. The van der Waals surface area contributed by atoms with Crippen LogP contribution >= 0.6 is 0 Å². The molecule has 0 heterocycles. The second-order valence-corrected chi connectivity index (χ2v) is 13.0.